The van der Waals surface area contributed by atoms with E-state index in [1.807, 2.05) is 45.0 Å². The molecule has 0 spiro atoms. The lowest BCUT2D eigenvalue weighted by atomic mass is 10.1. The number of anilines is 2. The zero-order chi connectivity index (χ0) is 28.1. The summed E-state index contributed by atoms with van der Waals surface area (Å²) in [6, 6.07) is 17.9. The minimum absolute atomic E-state index is 0.178. The fourth-order valence-corrected chi connectivity index (χ4v) is 5.10. The number of amides is 4. The number of aryl methyl sites for hydroxylation is 3. The summed E-state index contributed by atoms with van der Waals surface area (Å²) in [7, 11) is 0. The molecular formula is C29H26BrN3O5S. The second-order valence-corrected chi connectivity index (χ2v) is 10.8. The molecule has 0 unspecified atom stereocenters. The van der Waals surface area contributed by atoms with E-state index in [2.05, 4.69) is 26.6 Å². The number of thioether (sulfide) groups is 1. The third-order valence-corrected chi connectivity index (χ3v) is 7.56. The van der Waals surface area contributed by atoms with Crippen LogP contribution in [0.1, 0.15) is 22.3 Å². The fourth-order valence-electron chi connectivity index (χ4n) is 3.71. The van der Waals surface area contributed by atoms with Gasteiger partial charge in [0.05, 0.1) is 10.6 Å². The lowest BCUT2D eigenvalue weighted by molar-refractivity contribution is -0.127. The largest absolute Gasteiger partial charge is 0.484 e. The molecule has 39 heavy (non-hydrogen) atoms. The van der Waals surface area contributed by atoms with Crippen molar-refractivity contribution >= 4 is 68.1 Å². The quantitative estimate of drug-likeness (QED) is 0.301. The number of hydrogen-bond acceptors (Lipinski definition) is 6. The fraction of sp³-hybridized carbons (Fsp3) is 0.172. The Balaban J connectivity index is 1.32. The molecule has 4 amide bonds. The Morgan fingerprint density at radius 2 is 1.56 bits per heavy atom. The van der Waals surface area contributed by atoms with E-state index in [0.29, 0.717) is 22.7 Å². The summed E-state index contributed by atoms with van der Waals surface area (Å²) < 4.78 is 6.38. The molecule has 0 atom stereocenters. The van der Waals surface area contributed by atoms with E-state index in [9.17, 15) is 19.2 Å². The van der Waals surface area contributed by atoms with Gasteiger partial charge >= 0.3 is 0 Å². The third-order valence-electron chi connectivity index (χ3n) is 6.00. The molecule has 3 aromatic rings. The maximum atomic E-state index is 12.8. The highest BCUT2D eigenvalue weighted by atomic mass is 79.9. The van der Waals surface area contributed by atoms with E-state index >= 15 is 0 Å². The number of carbonyl (C=O) groups is 4. The molecule has 200 valence electrons. The van der Waals surface area contributed by atoms with E-state index in [-0.39, 0.29) is 24.0 Å². The molecule has 1 aliphatic rings. The molecule has 1 aliphatic heterocycles. The predicted molar refractivity (Wildman–Crippen MR) is 157 cm³/mol. The smallest absolute Gasteiger partial charge is 0.294 e. The second-order valence-electron chi connectivity index (χ2n) is 8.95. The molecule has 4 rings (SSSR count). The Bertz CT molecular complexity index is 1490. The minimum atomic E-state index is -0.528. The SMILES string of the molecule is Cc1cc(Br)c(NC(=O)COc2ccc(/C=C3/SC(=O)N(CC(=O)Nc4ccccc4C)C3=O)cc2)cc1C. The van der Waals surface area contributed by atoms with Gasteiger partial charge in [0.15, 0.2) is 6.61 Å². The average Bonchev–Trinajstić information content (AvgIpc) is 3.15. The molecule has 0 saturated carbocycles. The van der Waals surface area contributed by atoms with Gasteiger partial charge in [-0.15, -0.1) is 0 Å². The van der Waals surface area contributed by atoms with E-state index in [1.165, 1.54) is 0 Å². The van der Waals surface area contributed by atoms with Crippen molar-refractivity contribution in [3.63, 3.8) is 0 Å². The average molecular weight is 609 g/mol. The number of ether oxygens (including phenoxy) is 1. The first kappa shape index (κ1) is 28.1. The van der Waals surface area contributed by atoms with Crippen molar-refractivity contribution < 1.29 is 23.9 Å². The van der Waals surface area contributed by atoms with Crippen LogP contribution in [0, 0.1) is 20.8 Å². The number of carbonyl (C=O) groups excluding carboxylic acids is 4. The molecule has 1 heterocycles. The lowest BCUT2D eigenvalue weighted by Crippen LogP contribution is -2.36. The van der Waals surface area contributed by atoms with Crippen molar-refractivity contribution in [3.8, 4) is 5.75 Å². The van der Waals surface area contributed by atoms with Crippen LogP contribution in [0.4, 0.5) is 16.2 Å². The number of para-hydroxylation sites is 1. The summed E-state index contributed by atoms with van der Waals surface area (Å²) in [6.45, 7) is 5.27. The molecule has 0 radical (unpaired) electrons. The van der Waals surface area contributed by atoms with Gasteiger partial charge in [-0.1, -0.05) is 30.3 Å². The van der Waals surface area contributed by atoms with Crippen LogP contribution in [0.2, 0.25) is 0 Å². The van der Waals surface area contributed by atoms with E-state index in [1.54, 1.807) is 42.5 Å². The van der Waals surface area contributed by atoms with Gasteiger partial charge in [-0.2, -0.15) is 0 Å². The van der Waals surface area contributed by atoms with Gasteiger partial charge in [-0.25, -0.2) is 0 Å². The maximum absolute atomic E-state index is 12.8. The second kappa shape index (κ2) is 12.3. The molecule has 0 aromatic heterocycles. The van der Waals surface area contributed by atoms with Gasteiger partial charge in [-0.05, 0) is 107 Å². The van der Waals surface area contributed by atoms with Crippen molar-refractivity contribution in [2.24, 2.45) is 0 Å². The topological polar surface area (TPSA) is 105 Å². The number of nitrogens with one attached hydrogen (secondary N) is 2. The Hall–Kier alpha value is -3.89. The molecular weight excluding hydrogens is 582 g/mol. The van der Waals surface area contributed by atoms with Crippen LogP contribution in [0.25, 0.3) is 6.08 Å². The Labute approximate surface area is 238 Å². The predicted octanol–water partition coefficient (Wildman–Crippen LogP) is 6.07. The summed E-state index contributed by atoms with van der Waals surface area (Å²) in [5, 5.41) is 5.05. The summed E-state index contributed by atoms with van der Waals surface area (Å²) in [4.78, 5) is 51.1. The molecule has 8 nitrogen and oxygen atoms in total. The van der Waals surface area contributed by atoms with Crippen LogP contribution in [-0.2, 0) is 14.4 Å². The highest BCUT2D eigenvalue weighted by Crippen LogP contribution is 2.32. The highest BCUT2D eigenvalue weighted by molar-refractivity contribution is 9.10. The van der Waals surface area contributed by atoms with Crippen LogP contribution in [0.3, 0.4) is 0 Å². The van der Waals surface area contributed by atoms with Crippen molar-refractivity contribution in [2.45, 2.75) is 20.8 Å². The number of benzene rings is 3. The monoisotopic (exact) mass is 607 g/mol. The number of imide groups is 1. The molecule has 2 N–H and O–H groups in total. The molecule has 1 fully saturated rings. The van der Waals surface area contributed by atoms with E-state index in [4.69, 9.17) is 4.74 Å². The number of rotatable bonds is 8. The van der Waals surface area contributed by atoms with Gasteiger partial charge in [0.25, 0.3) is 17.1 Å². The molecule has 3 aromatic carbocycles. The van der Waals surface area contributed by atoms with Crippen LogP contribution < -0.4 is 15.4 Å². The van der Waals surface area contributed by atoms with Crippen LogP contribution in [0.5, 0.6) is 5.75 Å². The molecule has 1 saturated heterocycles. The number of nitrogens with zero attached hydrogens (tertiary/aromatic N) is 1. The Morgan fingerprint density at radius 1 is 0.897 bits per heavy atom. The van der Waals surface area contributed by atoms with E-state index in [0.717, 1.165) is 37.8 Å². The standard InChI is InChI=1S/C29H26BrN3O5S/c1-17-6-4-5-7-23(17)31-26(34)15-33-28(36)25(39-29(33)37)14-20-8-10-21(11-9-20)38-16-27(35)32-24-13-19(3)18(2)12-22(24)30/h4-14H,15-16H2,1-3H3,(H,31,34)(H,32,35)/b25-14+. The van der Waals surface area contributed by atoms with Gasteiger partial charge in [0, 0.05) is 10.2 Å². The van der Waals surface area contributed by atoms with Crippen molar-refractivity contribution in [2.75, 3.05) is 23.8 Å². The summed E-state index contributed by atoms with van der Waals surface area (Å²) in [5.41, 5.74) is 5.02. The van der Waals surface area contributed by atoms with Crippen LogP contribution in [-0.4, -0.2) is 41.0 Å². The van der Waals surface area contributed by atoms with Gasteiger partial charge in [0.2, 0.25) is 5.91 Å². The van der Waals surface area contributed by atoms with Crippen LogP contribution in [0.15, 0.2) is 70.0 Å². The zero-order valence-electron chi connectivity index (χ0n) is 21.5. The Kier molecular flexibility index (Phi) is 8.88. The molecule has 0 aliphatic carbocycles. The first-order chi connectivity index (χ1) is 18.6. The van der Waals surface area contributed by atoms with Gasteiger partial charge in [-0.3, -0.25) is 24.1 Å². The third kappa shape index (κ3) is 7.15. The summed E-state index contributed by atoms with van der Waals surface area (Å²) in [6.07, 6.45) is 1.58. The van der Waals surface area contributed by atoms with Gasteiger partial charge in [0.1, 0.15) is 12.3 Å². The summed E-state index contributed by atoms with van der Waals surface area (Å²) in [5.74, 6) is -0.812. The highest BCUT2D eigenvalue weighted by Gasteiger charge is 2.36. The maximum Gasteiger partial charge on any atom is 0.294 e. The Morgan fingerprint density at radius 3 is 2.28 bits per heavy atom. The van der Waals surface area contributed by atoms with Crippen molar-refractivity contribution in [1.29, 1.82) is 0 Å². The minimum Gasteiger partial charge on any atom is -0.484 e. The normalized spacial score (nSPS) is 14.1. The van der Waals surface area contributed by atoms with Crippen LogP contribution >= 0.6 is 27.7 Å². The van der Waals surface area contributed by atoms with E-state index < -0.39 is 17.1 Å². The summed E-state index contributed by atoms with van der Waals surface area (Å²) >= 11 is 4.24. The first-order valence-electron chi connectivity index (χ1n) is 12.0. The van der Waals surface area contributed by atoms with Gasteiger partial charge < -0.3 is 15.4 Å². The molecule has 10 heteroatoms. The number of hydrogen-bond donors (Lipinski definition) is 2. The zero-order valence-corrected chi connectivity index (χ0v) is 23.9. The lowest BCUT2D eigenvalue weighted by Gasteiger charge is -2.13. The van der Waals surface area contributed by atoms with Crippen molar-refractivity contribution in [3.05, 3.63) is 92.3 Å². The first-order valence-corrected chi connectivity index (χ1v) is 13.6. The molecule has 0 bridgehead atoms. The number of halogens is 1. The van der Waals surface area contributed by atoms with Crippen molar-refractivity contribution in [1.82, 2.24) is 4.90 Å².